The van der Waals surface area contributed by atoms with Gasteiger partial charge in [-0.15, -0.1) is 10.2 Å². The first-order chi connectivity index (χ1) is 8.20. The topological polar surface area (TPSA) is 88.7 Å². The summed E-state index contributed by atoms with van der Waals surface area (Å²) in [6, 6.07) is 3.55. The quantitative estimate of drug-likeness (QED) is 0.628. The third-order valence-electron chi connectivity index (χ3n) is 2.30. The summed E-state index contributed by atoms with van der Waals surface area (Å²) in [5.74, 6) is 1.03. The summed E-state index contributed by atoms with van der Waals surface area (Å²) in [5, 5.41) is 8.03. The highest BCUT2D eigenvalue weighted by molar-refractivity contribution is 5.63. The maximum Gasteiger partial charge on any atom is 0.246 e. The van der Waals surface area contributed by atoms with Crippen molar-refractivity contribution in [2.75, 3.05) is 12.8 Å². The number of methoxy groups -OCH3 is 1. The Balaban J connectivity index is 2.35. The van der Waals surface area contributed by atoms with E-state index in [9.17, 15) is 0 Å². The Morgan fingerprint density at radius 2 is 2.18 bits per heavy atom. The molecule has 1 aromatic carbocycles. The molecule has 0 radical (unpaired) electrons. The lowest BCUT2D eigenvalue weighted by Crippen LogP contribution is -1.91. The Hall–Kier alpha value is -2.37. The maximum atomic E-state index is 5.79. The Kier molecular flexibility index (Phi) is 3.04. The van der Waals surface area contributed by atoms with Gasteiger partial charge in [-0.3, -0.25) is 0 Å². The molecule has 0 atom stereocenters. The number of azo groups is 1. The van der Waals surface area contributed by atoms with E-state index >= 15 is 0 Å². The fourth-order valence-electron chi connectivity index (χ4n) is 1.34. The number of nitrogen functional groups attached to an aromatic ring is 1. The molecule has 2 rings (SSSR count). The highest BCUT2D eigenvalue weighted by Crippen LogP contribution is 2.32. The van der Waals surface area contributed by atoms with Crippen molar-refractivity contribution in [1.82, 2.24) is 9.97 Å². The fourth-order valence-corrected chi connectivity index (χ4v) is 1.34. The molecule has 0 aliphatic carbocycles. The smallest absolute Gasteiger partial charge is 0.246 e. The number of aromatic amines is 1. The predicted octanol–water partition coefficient (Wildman–Crippen LogP) is 2.72. The number of nitrogens with two attached hydrogens (primary N) is 1. The lowest BCUT2D eigenvalue weighted by atomic mass is 10.1. The summed E-state index contributed by atoms with van der Waals surface area (Å²) < 4.78 is 5.19. The molecule has 0 fully saturated rings. The Labute approximate surface area is 98.5 Å². The molecule has 6 heteroatoms. The number of aryl methyl sites for hydroxylation is 1. The van der Waals surface area contributed by atoms with E-state index in [0.29, 0.717) is 23.1 Å². The number of nitrogens with one attached hydrogen (secondary N) is 1. The van der Waals surface area contributed by atoms with Crippen molar-refractivity contribution in [3.05, 3.63) is 30.1 Å². The van der Waals surface area contributed by atoms with Crippen LogP contribution in [0.25, 0.3) is 0 Å². The molecule has 88 valence electrons. The van der Waals surface area contributed by atoms with Crippen molar-refractivity contribution in [1.29, 1.82) is 0 Å². The molecule has 0 unspecified atom stereocenters. The van der Waals surface area contributed by atoms with E-state index in [1.165, 1.54) is 0 Å². The molecule has 17 heavy (non-hydrogen) atoms. The number of hydrogen-bond acceptors (Lipinski definition) is 5. The number of hydrogen-bond donors (Lipinski definition) is 2. The summed E-state index contributed by atoms with van der Waals surface area (Å²) >= 11 is 0. The zero-order chi connectivity index (χ0) is 12.3. The van der Waals surface area contributed by atoms with E-state index in [4.69, 9.17) is 10.5 Å². The molecule has 0 saturated heterocycles. The summed E-state index contributed by atoms with van der Waals surface area (Å²) in [7, 11) is 1.57. The normalized spacial score (nSPS) is 10.9. The first-order valence-electron chi connectivity index (χ1n) is 5.06. The Bertz CT molecular complexity index is 533. The third kappa shape index (κ3) is 2.41. The van der Waals surface area contributed by atoms with Crippen LogP contribution >= 0.6 is 0 Å². The molecule has 1 heterocycles. The summed E-state index contributed by atoms with van der Waals surface area (Å²) in [4.78, 5) is 6.78. The van der Waals surface area contributed by atoms with Crippen LogP contribution in [0.4, 0.5) is 17.3 Å². The van der Waals surface area contributed by atoms with E-state index in [0.717, 1.165) is 5.56 Å². The number of anilines is 1. The van der Waals surface area contributed by atoms with E-state index in [1.54, 1.807) is 25.6 Å². The van der Waals surface area contributed by atoms with Crippen molar-refractivity contribution in [2.24, 2.45) is 10.2 Å². The number of imidazole rings is 1. The molecule has 0 amide bonds. The Morgan fingerprint density at radius 3 is 2.82 bits per heavy atom. The highest BCUT2D eigenvalue weighted by Gasteiger charge is 2.05. The van der Waals surface area contributed by atoms with Crippen LogP contribution in [0.2, 0.25) is 0 Å². The molecular formula is C11H13N5O. The molecule has 6 nitrogen and oxygen atoms in total. The minimum atomic E-state index is 0.446. The van der Waals surface area contributed by atoms with Gasteiger partial charge in [0.25, 0.3) is 0 Å². The summed E-state index contributed by atoms with van der Waals surface area (Å²) in [6.45, 7) is 1.90. The second-order valence-electron chi connectivity index (χ2n) is 3.49. The first kappa shape index (κ1) is 11.1. The molecule has 3 N–H and O–H groups in total. The van der Waals surface area contributed by atoms with Gasteiger partial charge in [-0.2, -0.15) is 0 Å². The van der Waals surface area contributed by atoms with Crippen molar-refractivity contribution < 1.29 is 4.74 Å². The van der Waals surface area contributed by atoms with E-state index in [-0.39, 0.29) is 0 Å². The largest absolute Gasteiger partial charge is 0.494 e. The lowest BCUT2D eigenvalue weighted by molar-refractivity contribution is 0.416. The number of nitrogens with zero attached hydrogens (tertiary/aromatic N) is 3. The minimum Gasteiger partial charge on any atom is -0.494 e. The van der Waals surface area contributed by atoms with Crippen LogP contribution < -0.4 is 10.5 Å². The van der Waals surface area contributed by atoms with Gasteiger partial charge in [-0.05, 0) is 18.6 Å². The van der Waals surface area contributed by atoms with Crippen LogP contribution in [-0.2, 0) is 0 Å². The average molecular weight is 231 g/mol. The zero-order valence-corrected chi connectivity index (χ0v) is 9.64. The summed E-state index contributed by atoms with van der Waals surface area (Å²) in [5.41, 5.74) is 8.00. The van der Waals surface area contributed by atoms with Crippen molar-refractivity contribution >= 4 is 17.3 Å². The number of benzene rings is 1. The van der Waals surface area contributed by atoms with Crippen molar-refractivity contribution in [3.63, 3.8) is 0 Å². The van der Waals surface area contributed by atoms with Crippen molar-refractivity contribution in [2.45, 2.75) is 6.92 Å². The Morgan fingerprint density at radius 1 is 1.35 bits per heavy atom. The molecule has 0 aliphatic heterocycles. The molecule has 2 aromatic rings. The third-order valence-corrected chi connectivity index (χ3v) is 2.30. The average Bonchev–Trinajstić information content (AvgIpc) is 2.83. The van der Waals surface area contributed by atoms with Crippen LogP contribution in [0.1, 0.15) is 5.56 Å². The number of aromatic nitrogens is 2. The van der Waals surface area contributed by atoms with Gasteiger partial charge in [0.05, 0.1) is 7.11 Å². The van der Waals surface area contributed by atoms with Gasteiger partial charge in [-0.1, -0.05) is 0 Å². The fraction of sp³-hybridized carbons (Fsp3) is 0.182. The minimum absolute atomic E-state index is 0.446. The number of ether oxygens (including phenoxy) is 1. The molecule has 0 bridgehead atoms. The van der Waals surface area contributed by atoms with Gasteiger partial charge >= 0.3 is 0 Å². The second kappa shape index (κ2) is 4.65. The van der Waals surface area contributed by atoms with Gasteiger partial charge < -0.3 is 15.5 Å². The SMILES string of the molecule is COc1cc(N)c(C)cc1N=Nc1ncc[nH]1. The first-order valence-corrected chi connectivity index (χ1v) is 5.06. The lowest BCUT2D eigenvalue weighted by Gasteiger charge is -2.06. The highest BCUT2D eigenvalue weighted by atomic mass is 16.5. The number of H-pyrrole nitrogens is 1. The van der Waals surface area contributed by atoms with Crippen LogP contribution in [0, 0.1) is 6.92 Å². The van der Waals surface area contributed by atoms with Gasteiger partial charge in [0.15, 0.2) is 0 Å². The predicted molar refractivity (Wildman–Crippen MR) is 64.9 cm³/mol. The molecule has 0 spiro atoms. The summed E-state index contributed by atoms with van der Waals surface area (Å²) in [6.07, 6.45) is 3.29. The van der Waals surface area contributed by atoms with Crippen LogP contribution in [0.15, 0.2) is 34.8 Å². The van der Waals surface area contributed by atoms with E-state index in [2.05, 4.69) is 20.2 Å². The van der Waals surface area contributed by atoms with Gasteiger partial charge in [0, 0.05) is 24.1 Å². The van der Waals surface area contributed by atoms with Gasteiger partial charge in [0.1, 0.15) is 11.4 Å². The van der Waals surface area contributed by atoms with Crippen LogP contribution in [0.5, 0.6) is 5.75 Å². The zero-order valence-electron chi connectivity index (χ0n) is 9.64. The van der Waals surface area contributed by atoms with Gasteiger partial charge in [-0.25, -0.2) is 4.98 Å². The van der Waals surface area contributed by atoms with E-state index in [1.807, 2.05) is 13.0 Å². The molecule has 0 saturated carbocycles. The standard InChI is InChI=1S/C11H13N5O/c1-7-5-9(10(17-2)6-8(7)12)15-16-11-13-3-4-14-11/h3-6H,12H2,1-2H3,(H,13,14). The second-order valence-corrected chi connectivity index (χ2v) is 3.49. The van der Waals surface area contributed by atoms with Crippen LogP contribution in [0.3, 0.4) is 0 Å². The molecular weight excluding hydrogens is 218 g/mol. The number of rotatable bonds is 3. The molecule has 1 aromatic heterocycles. The van der Waals surface area contributed by atoms with E-state index < -0.39 is 0 Å². The van der Waals surface area contributed by atoms with Crippen molar-refractivity contribution in [3.8, 4) is 5.75 Å². The van der Waals surface area contributed by atoms with Crippen LogP contribution in [-0.4, -0.2) is 17.1 Å². The maximum absolute atomic E-state index is 5.79. The van der Waals surface area contributed by atoms with Gasteiger partial charge in [0.2, 0.25) is 5.95 Å². The monoisotopic (exact) mass is 231 g/mol. The molecule has 0 aliphatic rings.